The van der Waals surface area contributed by atoms with Crippen molar-refractivity contribution in [3.8, 4) is 0 Å². The summed E-state index contributed by atoms with van der Waals surface area (Å²) in [5.41, 5.74) is 0. The van der Waals surface area contributed by atoms with Gasteiger partial charge in [0.2, 0.25) is 0 Å². The number of hydrogen-bond donors (Lipinski definition) is 1. The van der Waals surface area contributed by atoms with E-state index in [0.29, 0.717) is 13.0 Å². The molecule has 2 atom stereocenters. The van der Waals surface area contributed by atoms with Crippen molar-refractivity contribution in [2.24, 2.45) is 0 Å². The summed E-state index contributed by atoms with van der Waals surface area (Å²) in [6, 6.07) is 2.37. The SMILES string of the molecule is CCNC1CCCC1S(=O)(=O)c1cc(F)ccc1F. The molecule has 0 radical (unpaired) electrons. The first-order valence-corrected chi connectivity index (χ1v) is 7.93. The molecule has 0 amide bonds. The molecule has 0 saturated heterocycles. The van der Waals surface area contributed by atoms with Gasteiger partial charge in [-0.05, 0) is 37.6 Å². The monoisotopic (exact) mass is 289 g/mol. The molecule has 1 fully saturated rings. The maximum Gasteiger partial charge on any atom is 0.185 e. The molecule has 0 aromatic heterocycles. The summed E-state index contributed by atoms with van der Waals surface area (Å²) in [5.74, 6) is -1.62. The van der Waals surface area contributed by atoms with Crippen LogP contribution in [0.15, 0.2) is 23.1 Å². The third-order valence-electron chi connectivity index (χ3n) is 3.52. The van der Waals surface area contributed by atoms with Gasteiger partial charge in [0.15, 0.2) is 9.84 Å². The second kappa shape index (κ2) is 5.54. The minimum Gasteiger partial charge on any atom is -0.313 e. The highest BCUT2D eigenvalue weighted by Gasteiger charge is 2.39. The van der Waals surface area contributed by atoms with Crippen molar-refractivity contribution >= 4 is 9.84 Å². The second-order valence-electron chi connectivity index (χ2n) is 4.75. The Bertz CT molecular complexity index is 560. The fraction of sp³-hybridized carbons (Fsp3) is 0.538. The van der Waals surface area contributed by atoms with Gasteiger partial charge in [0.25, 0.3) is 0 Å². The molecule has 0 aliphatic heterocycles. The molecule has 2 rings (SSSR count). The van der Waals surface area contributed by atoms with Gasteiger partial charge in [-0.3, -0.25) is 0 Å². The van der Waals surface area contributed by atoms with Crippen LogP contribution in [-0.4, -0.2) is 26.3 Å². The molecule has 106 valence electrons. The first-order chi connectivity index (χ1) is 8.96. The molecule has 1 aliphatic rings. The number of halogens is 2. The molecule has 1 aliphatic carbocycles. The van der Waals surface area contributed by atoms with Crippen molar-refractivity contribution in [2.75, 3.05) is 6.54 Å². The van der Waals surface area contributed by atoms with Gasteiger partial charge in [-0.1, -0.05) is 13.3 Å². The van der Waals surface area contributed by atoms with Crippen LogP contribution in [0.1, 0.15) is 26.2 Å². The van der Waals surface area contributed by atoms with Crippen molar-refractivity contribution in [2.45, 2.75) is 42.4 Å². The van der Waals surface area contributed by atoms with Crippen LogP contribution in [0.5, 0.6) is 0 Å². The Morgan fingerprint density at radius 2 is 2.05 bits per heavy atom. The summed E-state index contributed by atoms with van der Waals surface area (Å²) in [6.07, 6.45) is 2.00. The fourth-order valence-electron chi connectivity index (χ4n) is 2.65. The Balaban J connectivity index is 2.39. The van der Waals surface area contributed by atoms with Crippen LogP contribution in [0.4, 0.5) is 8.78 Å². The van der Waals surface area contributed by atoms with E-state index in [-0.39, 0.29) is 6.04 Å². The van der Waals surface area contributed by atoms with Crippen molar-refractivity contribution in [3.63, 3.8) is 0 Å². The Hall–Kier alpha value is -1.01. The Kier molecular flexibility index (Phi) is 4.20. The summed E-state index contributed by atoms with van der Waals surface area (Å²) >= 11 is 0. The first kappa shape index (κ1) is 14.4. The Labute approximate surface area is 111 Å². The molecule has 19 heavy (non-hydrogen) atoms. The second-order valence-corrected chi connectivity index (χ2v) is 6.89. The molecular formula is C13H17F2NO2S. The number of sulfone groups is 1. The largest absolute Gasteiger partial charge is 0.313 e. The van der Waals surface area contributed by atoms with Crippen LogP contribution in [-0.2, 0) is 9.84 Å². The highest BCUT2D eigenvalue weighted by molar-refractivity contribution is 7.92. The average Bonchev–Trinajstić information content (AvgIpc) is 2.81. The van der Waals surface area contributed by atoms with E-state index in [2.05, 4.69) is 5.32 Å². The highest BCUT2D eigenvalue weighted by atomic mass is 32.2. The molecule has 6 heteroatoms. The maximum absolute atomic E-state index is 13.7. The topological polar surface area (TPSA) is 46.2 Å². The predicted molar refractivity (Wildman–Crippen MR) is 68.6 cm³/mol. The van der Waals surface area contributed by atoms with Crippen molar-refractivity contribution in [3.05, 3.63) is 29.8 Å². The van der Waals surface area contributed by atoms with E-state index in [9.17, 15) is 17.2 Å². The molecular weight excluding hydrogens is 272 g/mol. The maximum atomic E-state index is 13.7. The molecule has 0 heterocycles. The third-order valence-corrected chi connectivity index (χ3v) is 5.80. The summed E-state index contributed by atoms with van der Waals surface area (Å²) in [6.45, 7) is 2.55. The lowest BCUT2D eigenvalue weighted by molar-refractivity contribution is 0.508. The molecule has 3 nitrogen and oxygen atoms in total. The van der Waals surface area contributed by atoms with Gasteiger partial charge in [0, 0.05) is 6.04 Å². The lowest BCUT2D eigenvalue weighted by Crippen LogP contribution is -2.40. The lowest BCUT2D eigenvalue weighted by atomic mass is 10.2. The van der Waals surface area contributed by atoms with Crippen LogP contribution < -0.4 is 5.32 Å². The van der Waals surface area contributed by atoms with E-state index in [0.717, 1.165) is 31.0 Å². The Morgan fingerprint density at radius 3 is 2.74 bits per heavy atom. The zero-order chi connectivity index (χ0) is 14.0. The van der Waals surface area contributed by atoms with Crippen LogP contribution in [0.25, 0.3) is 0 Å². The minimum absolute atomic E-state index is 0.183. The van der Waals surface area contributed by atoms with Crippen LogP contribution in [0.3, 0.4) is 0 Å². The van der Waals surface area contributed by atoms with E-state index >= 15 is 0 Å². The van der Waals surface area contributed by atoms with Gasteiger partial charge in [0.05, 0.1) is 5.25 Å². The fourth-order valence-corrected chi connectivity index (χ4v) is 4.74. The molecule has 0 bridgehead atoms. The van der Waals surface area contributed by atoms with Gasteiger partial charge >= 0.3 is 0 Å². The zero-order valence-electron chi connectivity index (χ0n) is 10.7. The van der Waals surface area contributed by atoms with E-state index in [4.69, 9.17) is 0 Å². The number of rotatable bonds is 4. The predicted octanol–water partition coefficient (Wildman–Crippen LogP) is 2.27. The van der Waals surface area contributed by atoms with Crippen molar-refractivity contribution < 1.29 is 17.2 Å². The molecule has 2 unspecified atom stereocenters. The van der Waals surface area contributed by atoms with Gasteiger partial charge in [0.1, 0.15) is 16.5 Å². The smallest absolute Gasteiger partial charge is 0.185 e. The van der Waals surface area contributed by atoms with Crippen molar-refractivity contribution in [1.82, 2.24) is 5.32 Å². The summed E-state index contributed by atoms with van der Waals surface area (Å²) in [4.78, 5) is -0.526. The molecule has 1 aromatic rings. The van der Waals surface area contributed by atoms with Crippen LogP contribution in [0.2, 0.25) is 0 Å². The first-order valence-electron chi connectivity index (χ1n) is 6.39. The number of hydrogen-bond acceptors (Lipinski definition) is 3. The van der Waals surface area contributed by atoms with Crippen molar-refractivity contribution in [1.29, 1.82) is 0 Å². The van der Waals surface area contributed by atoms with Crippen LogP contribution >= 0.6 is 0 Å². The van der Waals surface area contributed by atoms with Gasteiger partial charge < -0.3 is 5.32 Å². The third kappa shape index (κ3) is 2.79. The van der Waals surface area contributed by atoms with E-state index in [1.54, 1.807) is 0 Å². The summed E-state index contributed by atoms with van der Waals surface area (Å²) in [7, 11) is -3.84. The van der Waals surface area contributed by atoms with E-state index in [1.807, 2.05) is 6.92 Å². The number of benzene rings is 1. The lowest BCUT2D eigenvalue weighted by Gasteiger charge is -2.21. The molecule has 1 saturated carbocycles. The molecule has 1 aromatic carbocycles. The van der Waals surface area contributed by atoms with E-state index in [1.165, 1.54) is 0 Å². The van der Waals surface area contributed by atoms with Gasteiger partial charge in [-0.25, -0.2) is 17.2 Å². The van der Waals surface area contributed by atoms with Gasteiger partial charge in [-0.2, -0.15) is 0 Å². The van der Waals surface area contributed by atoms with E-state index < -0.39 is 31.6 Å². The normalized spacial score (nSPS) is 23.7. The quantitative estimate of drug-likeness (QED) is 0.925. The Morgan fingerprint density at radius 1 is 1.32 bits per heavy atom. The number of nitrogens with one attached hydrogen (secondary N) is 1. The molecule has 1 N–H and O–H groups in total. The zero-order valence-corrected chi connectivity index (χ0v) is 11.5. The van der Waals surface area contributed by atoms with Gasteiger partial charge in [-0.15, -0.1) is 0 Å². The molecule has 0 spiro atoms. The van der Waals surface area contributed by atoms with Crippen LogP contribution in [0, 0.1) is 11.6 Å². The minimum atomic E-state index is -3.84. The summed E-state index contributed by atoms with van der Waals surface area (Å²) < 4.78 is 51.7. The average molecular weight is 289 g/mol. The standard InChI is InChI=1S/C13H17F2NO2S/c1-2-16-11-4-3-5-12(11)19(17,18)13-8-9(14)6-7-10(13)15/h6-8,11-12,16H,2-5H2,1H3. The summed E-state index contributed by atoms with van der Waals surface area (Å²) in [5, 5.41) is 2.43. The highest BCUT2D eigenvalue weighted by Crippen LogP contribution is 2.31.